The molecule has 5 nitrogen and oxygen atoms in total. The molecule has 0 spiro atoms. The monoisotopic (exact) mass is 782 g/mol. The summed E-state index contributed by atoms with van der Waals surface area (Å²) < 4.78 is 287. The van der Waals surface area contributed by atoms with Gasteiger partial charge in [-0.15, -0.1) is 0 Å². The molecule has 0 amide bonds. The average molecular weight is 782 g/mol. The van der Waals surface area contributed by atoms with E-state index < -0.39 is 121 Å². The molecule has 0 saturated heterocycles. The SMILES string of the molecule is CCO.O=C(O)/C(CCC(F)(F)CC(F)(F)C(F)(F)C(F)(F)C(F)(F)F)=C(/CCC(F)(F)CC(F)(F)C(F)(F)C(F)(F)C(F)(F)F)C(=O)O. The summed E-state index contributed by atoms with van der Waals surface area (Å²) in [6, 6.07) is 0. The standard InChI is InChI=1S/C20H14F22O4.C2H6O/c21-11(22,5-13(25,26)15(29,30)17(33,34)19(37,38)39)3-1-7(9(43)44)8(10(45)46)2-4-12(23,24)6-14(27,28)16(31,32)18(35,36)20(40,41)42;1-2-3/h1-6H2,(H,43,44)(H,45,46);3H,2H2,1H3/b8-7-;. The van der Waals surface area contributed by atoms with Crippen LogP contribution in [0.5, 0.6) is 0 Å². The van der Waals surface area contributed by atoms with E-state index in [1.54, 1.807) is 6.92 Å². The zero-order valence-corrected chi connectivity index (χ0v) is 23.4. The fraction of sp³-hybridized carbons (Fsp3) is 0.818. The lowest BCUT2D eigenvalue weighted by molar-refractivity contribution is -0.400. The number of aliphatic carboxylic acids is 2. The molecule has 0 aliphatic heterocycles. The Bertz CT molecular complexity index is 1080. The van der Waals surface area contributed by atoms with Gasteiger partial charge in [0.1, 0.15) is 0 Å². The Kier molecular flexibility index (Phi) is 14.9. The Hall–Kier alpha value is -2.90. The molecule has 0 aromatic carbocycles. The normalized spacial score (nSPS) is 15.3. The molecule has 0 aromatic rings. The van der Waals surface area contributed by atoms with Crippen molar-refractivity contribution in [2.75, 3.05) is 6.61 Å². The van der Waals surface area contributed by atoms with Crippen molar-refractivity contribution in [2.45, 2.75) is 105 Å². The first-order valence-electron chi connectivity index (χ1n) is 12.1. The van der Waals surface area contributed by atoms with E-state index >= 15 is 0 Å². The number of carbonyl (C=O) groups is 2. The van der Waals surface area contributed by atoms with E-state index in [2.05, 4.69) is 0 Å². The predicted octanol–water partition coefficient (Wildman–Crippen LogP) is 9.00. The van der Waals surface area contributed by atoms with Gasteiger partial charge in [-0.2, -0.15) is 79.0 Å². The second-order valence-corrected chi connectivity index (χ2v) is 9.65. The number of aliphatic hydroxyl groups is 1. The highest BCUT2D eigenvalue weighted by Gasteiger charge is 2.83. The van der Waals surface area contributed by atoms with E-state index in [1.807, 2.05) is 0 Å². The van der Waals surface area contributed by atoms with E-state index in [4.69, 9.17) is 15.3 Å². The van der Waals surface area contributed by atoms with Crippen LogP contribution in [-0.2, 0) is 9.59 Å². The highest BCUT2D eigenvalue weighted by atomic mass is 19.4. The molecule has 0 heterocycles. The Morgan fingerprint density at radius 2 is 0.653 bits per heavy atom. The van der Waals surface area contributed by atoms with Gasteiger partial charge in [-0.1, -0.05) is 0 Å². The lowest BCUT2D eigenvalue weighted by Gasteiger charge is -2.35. The number of alkyl halides is 22. The lowest BCUT2D eigenvalue weighted by atomic mass is 9.91. The number of hydrogen-bond acceptors (Lipinski definition) is 3. The maximum atomic E-state index is 14.0. The summed E-state index contributed by atoms with van der Waals surface area (Å²) in [6.45, 7) is 1.93. The molecule has 0 bridgehead atoms. The Balaban J connectivity index is 0. The summed E-state index contributed by atoms with van der Waals surface area (Å²) in [7, 11) is 0. The number of aliphatic hydroxyl groups excluding tert-OH is 1. The Morgan fingerprint density at radius 3 is 0.816 bits per heavy atom. The molecule has 0 fully saturated rings. The summed E-state index contributed by atoms with van der Waals surface area (Å²) in [6.07, 6.45) is -32.4. The molecule has 0 unspecified atom stereocenters. The summed E-state index contributed by atoms with van der Waals surface area (Å²) in [5, 5.41) is 25.5. The fourth-order valence-electron chi connectivity index (χ4n) is 3.25. The summed E-state index contributed by atoms with van der Waals surface area (Å²) in [4.78, 5) is 22.6. The van der Waals surface area contributed by atoms with Crippen LogP contribution in [-0.4, -0.2) is 93.6 Å². The summed E-state index contributed by atoms with van der Waals surface area (Å²) in [5.41, 5.74) is -4.22. The van der Waals surface area contributed by atoms with Gasteiger partial charge in [0, 0.05) is 30.6 Å². The minimum absolute atomic E-state index is 0.250. The van der Waals surface area contributed by atoms with Gasteiger partial charge in [0.15, 0.2) is 0 Å². The molecule has 0 saturated carbocycles. The molecule has 0 aliphatic rings. The van der Waals surface area contributed by atoms with E-state index in [0.29, 0.717) is 0 Å². The molecule has 0 aromatic heterocycles. The minimum Gasteiger partial charge on any atom is -0.478 e. The van der Waals surface area contributed by atoms with Crippen LogP contribution in [0.2, 0.25) is 0 Å². The van der Waals surface area contributed by atoms with Crippen LogP contribution in [0.15, 0.2) is 11.1 Å². The summed E-state index contributed by atoms with van der Waals surface area (Å²) >= 11 is 0. The first-order valence-corrected chi connectivity index (χ1v) is 12.1. The molecule has 292 valence electrons. The first-order chi connectivity index (χ1) is 21.2. The van der Waals surface area contributed by atoms with Crippen LogP contribution >= 0.6 is 0 Å². The second kappa shape index (κ2) is 15.1. The van der Waals surface area contributed by atoms with E-state index in [-0.39, 0.29) is 6.61 Å². The summed E-state index contributed by atoms with van der Waals surface area (Å²) in [5.74, 6) is -61.1. The van der Waals surface area contributed by atoms with Gasteiger partial charge in [0.05, 0.1) is 12.8 Å². The van der Waals surface area contributed by atoms with Gasteiger partial charge in [-0.3, -0.25) is 0 Å². The minimum atomic E-state index is -7.64. The van der Waals surface area contributed by atoms with Crippen LogP contribution in [0.1, 0.15) is 45.4 Å². The molecule has 0 atom stereocenters. The fourth-order valence-corrected chi connectivity index (χ4v) is 3.25. The molecule has 3 N–H and O–H groups in total. The number of rotatable bonds is 16. The van der Waals surface area contributed by atoms with Crippen molar-refractivity contribution in [3.8, 4) is 0 Å². The molecular formula is C22H20F22O5. The molecule has 49 heavy (non-hydrogen) atoms. The quantitative estimate of drug-likeness (QED) is 0.107. The van der Waals surface area contributed by atoms with Gasteiger partial charge < -0.3 is 15.3 Å². The topological polar surface area (TPSA) is 94.8 Å². The molecule has 0 rings (SSSR count). The highest BCUT2D eigenvalue weighted by molar-refractivity contribution is 5.98. The average Bonchev–Trinajstić information content (AvgIpc) is 2.82. The molecule has 27 heteroatoms. The highest BCUT2D eigenvalue weighted by Crippen LogP contribution is 2.57. The van der Waals surface area contributed by atoms with Crippen molar-refractivity contribution in [2.24, 2.45) is 0 Å². The van der Waals surface area contributed by atoms with Gasteiger partial charge in [-0.05, 0) is 19.8 Å². The third-order valence-corrected chi connectivity index (χ3v) is 5.74. The van der Waals surface area contributed by atoms with Crippen molar-refractivity contribution in [1.82, 2.24) is 0 Å². The van der Waals surface area contributed by atoms with E-state index in [0.717, 1.165) is 0 Å². The van der Waals surface area contributed by atoms with Crippen molar-refractivity contribution < 1.29 is 121 Å². The number of hydrogen-bond donors (Lipinski definition) is 3. The zero-order chi connectivity index (χ0) is 40.3. The molecular weight excluding hydrogens is 762 g/mol. The third-order valence-electron chi connectivity index (χ3n) is 5.74. The Labute approximate surface area is 257 Å². The lowest BCUT2D eigenvalue weighted by Crippen LogP contribution is -2.61. The van der Waals surface area contributed by atoms with E-state index in [1.165, 1.54) is 0 Å². The van der Waals surface area contributed by atoms with Gasteiger partial charge in [-0.25, -0.2) is 27.2 Å². The molecule has 0 aliphatic carbocycles. The van der Waals surface area contributed by atoms with Gasteiger partial charge in [0.2, 0.25) is 0 Å². The second-order valence-electron chi connectivity index (χ2n) is 9.65. The zero-order valence-electron chi connectivity index (χ0n) is 23.4. The van der Waals surface area contributed by atoms with Crippen molar-refractivity contribution in [3.05, 3.63) is 11.1 Å². The van der Waals surface area contributed by atoms with Crippen molar-refractivity contribution in [3.63, 3.8) is 0 Å². The smallest absolute Gasteiger partial charge is 0.460 e. The number of carboxylic acids is 2. The maximum Gasteiger partial charge on any atom is 0.460 e. The maximum absolute atomic E-state index is 14.0. The van der Waals surface area contributed by atoms with Crippen molar-refractivity contribution in [1.29, 1.82) is 0 Å². The van der Waals surface area contributed by atoms with Crippen LogP contribution in [0.25, 0.3) is 0 Å². The van der Waals surface area contributed by atoms with E-state index in [9.17, 15) is 106 Å². The first kappa shape index (κ1) is 48.2. The number of carboxylic acid groups (broad SMARTS) is 2. The third kappa shape index (κ3) is 11.0. The molecule has 0 radical (unpaired) electrons. The van der Waals surface area contributed by atoms with Gasteiger partial charge in [0.25, 0.3) is 11.8 Å². The van der Waals surface area contributed by atoms with Crippen LogP contribution in [0.4, 0.5) is 96.6 Å². The Morgan fingerprint density at radius 1 is 0.449 bits per heavy atom. The number of halogens is 22. The predicted molar refractivity (Wildman–Crippen MR) is 114 cm³/mol. The van der Waals surface area contributed by atoms with Crippen LogP contribution in [0.3, 0.4) is 0 Å². The van der Waals surface area contributed by atoms with Gasteiger partial charge >= 0.3 is 59.8 Å². The van der Waals surface area contributed by atoms with Crippen molar-refractivity contribution >= 4 is 11.9 Å². The largest absolute Gasteiger partial charge is 0.478 e. The van der Waals surface area contributed by atoms with Crippen LogP contribution in [0, 0.1) is 0 Å². The van der Waals surface area contributed by atoms with Crippen LogP contribution < -0.4 is 0 Å².